The summed E-state index contributed by atoms with van der Waals surface area (Å²) < 4.78 is 0. The molecule has 4 heteroatoms. The van der Waals surface area contributed by atoms with Crippen LogP contribution in [0.1, 0.15) is 31.8 Å². The monoisotopic (exact) mass is 490 g/mol. The second-order valence-electron chi connectivity index (χ2n) is 9.44. The third-order valence-electron chi connectivity index (χ3n) is 7.38. The lowest BCUT2D eigenvalue weighted by Gasteiger charge is -2.16. The molecule has 0 saturated carbocycles. The number of ketones is 2. The molecule has 0 bridgehead atoms. The van der Waals surface area contributed by atoms with Crippen LogP contribution in [-0.2, 0) is 0 Å². The Morgan fingerprint density at radius 1 is 0.368 bits per heavy atom. The van der Waals surface area contributed by atoms with E-state index >= 15 is 0 Å². The van der Waals surface area contributed by atoms with E-state index in [2.05, 4.69) is 6.07 Å². The molecule has 0 atom stereocenters. The third-order valence-corrected chi connectivity index (χ3v) is 7.38. The van der Waals surface area contributed by atoms with Crippen LogP contribution in [0.4, 0.5) is 0 Å². The lowest BCUT2D eigenvalue weighted by Crippen LogP contribution is -2.22. The van der Waals surface area contributed by atoms with Crippen molar-refractivity contribution in [3.8, 4) is 0 Å². The molecular formula is C34H18O4. The Morgan fingerprint density at radius 3 is 1.34 bits per heavy atom. The molecule has 38 heavy (non-hydrogen) atoms. The average molecular weight is 491 g/mol. The van der Waals surface area contributed by atoms with Crippen molar-refractivity contribution < 1.29 is 9.59 Å². The average Bonchev–Trinajstić information content (AvgIpc) is 2.96. The quantitative estimate of drug-likeness (QED) is 0.141. The summed E-state index contributed by atoms with van der Waals surface area (Å²) in [6, 6.07) is 33.3. The third kappa shape index (κ3) is 3.04. The van der Waals surface area contributed by atoms with Gasteiger partial charge >= 0.3 is 0 Å². The molecule has 0 spiro atoms. The summed E-state index contributed by atoms with van der Waals surface area (Å²) in [4.78, 5) is 48.8. The molecule has 1 aliphatic rings. The van der Waals surface area contributed by atoms with E-state index in [0.717, 1.165) is 37.7 Å². The summed E-state index contributed by atoms with van der Waals surface area (Å²) in [7, 11) is 0. The minimum Gasteiger partial charge on any atom is -0.289 e. The maximum atomic E-state index is 12.5. The van der Waals surface area contributed by atoms with Gasteiger partial charge in [0.15, 0.2) is 11.6 Å². The SMILES string of the molecule is O=C1c2ccccc2C(=O)c2ccccc21.O=c1cc2cccc3c4cccc5cccc(c(c1=O)c23)c54. The van der Waals surface area contributed by atoms with E-state index < -0.39 is 10.9 Å². The summed E-state index contributed by atoms with van der Waals surface area (Å²) in [6.45, 7) is 0. The van der Waals surface area contributed by atoms with Gasteiger partial charge in [-0.3, -0.25) is 19.2 Å². The van der Waals surface area contributed by atoms with E-state index in [1.165, 1.54) is 6.07 Å². The zero-order chi connectivity index (χ0) is 26.0. The van der Waals surface area contributed by atoms with Crippen LogP contribution >= 0.6 is 0 Å². The van der Waals surface area contributed by atoms with Crippen molar-refractivity contribution in [3.05, 3.63) is 152 Å². The van der Waals surface area contributed by atoms with Gasteiger partial charge < -0.3 is 0 Å². The first-order chi connectivity index (χ1) is 18.5. The second-order valence-corrected chi connectivity index (χ2v) is 9.44. The largest absolute Gasteiger partial charge is 0.289 e. The minimum absolute atomic E-state index is 0.0641. The van der Waals surface area contributed by atoms with Gasteiger partial charge in [-0.25, -0.2) is 0 Å². The standard InChI is InChI=1S/C20H10O2.C14H8O2/c21-16-10-12-6-3-8-14-13-7-1-4-11-5-2-9-15(17(11)13)19(18(12)14)20(16)22;15-13-9-5-1-2-6-10(9)14(16)12-8-4-3-7-11(12)13/h1-10H;1-8H. The van der Waals surface area contributed by atoms with Crippen molar-refractivity contribution in [3.63, 3.8) is 0 Å². The fraction of sp³-hybridized carbons (Fsp3) is 0. The van der Waals surface area contributed by atoms with E-state index in [1.807, 2.05) is 48.5 Å². The molecule has 0 fully saturated rings. The number of carbonyl (C=O) groups is 2. The van der Waals surface area contributed by atoms with Crippen LogP contribution in [0, 0.1) is 0 Å². The summed E-state index contributed by atoms with van der Waals surface area (Å²) >= 11 is 0. The molecule has 0 heterocycles. The van der Waals surface area contributed by atoms with E-state index in [1.54, 1.807) is 48.5 Å². The van der Waals surface area contributed by atoms with Gasteiger partial charge in [0.05, 0.1) is 0 Å². The van der Waals surface area contributed by atoms with E-state index in [4.69, 9.17) is 0 Å². The zero-order valence-electron chi connectivity index (χ0n) is 20.0. The fourth-order valence-corrected chi connectivity index (χ4v) is 5.72. The number of rotatable bonds is 0. The van der Waals surface area contributed by atoms with Crippen LogP contribution in [0.5, 0.6) is 0 Å². The van der Waals surface area contributed by atoms with Gasteiger partial charge in [0, 0.05) is 33.0 Å². The Hall–Kier alpha value is -5.22. The highest BCUT2D eigenvalue weighted by Gasteiger charge is 2.28. The van der Waals surface area contributed by atoms with Crippen molar-refractivity contribution >= 4 is 54.7 Å². The van der Waals surface area contributed by atoms with Crippen LogP contribution in [0.15, 0.2) is 119 Å². The van der Waals surface area contributed by atoms with Crippen LogP contribution in [0.2, 0.25) is 0 Å². The molecule has 0 aliphatic heterocycles. The van der Waals surface area contributed by atoms with Crippen LogP contribution < -0.4 is 10.9 Å². The van der Waals surface area contributed by atoms with Gasteiger partial charge in [-0.15, -0.1) is 0 Å². The first-order valence-corrected chi connectivity index (χ1v) is 12.3. The Bertz CT molecular complexity index is 2100. The van der Waals surface area contributed by atoms with E-state index in [-0.39, 0.29) is 11.6 Å². The highest BCUT2D eigenvalue weighted by atomic mass is 16.2. The predicted octanol–water partition coefficient (Wildman–Crippen LogP) is 6.36. The fourth-order valence-electron chi connectivity index (χ4n) is 5.72. The first-order valence-electron chi connectivity index (χ1n) is 12.3. The Morgan fingerprint density at radius 2 is 0.816 bits per heavy atom. The molecule has 1 aliphatic carbocycles. The zero-order valence-corrected chi connectivity index (χ0v) is 20.0. The van der Waals surface area contributed by atoms with E-state index in [0.29, 0.717) is 27.6 Å². The van der Waals surface area contributed by atoms with Crippen molar-refractivity contribution in [1.82, 2.24) is 0 Å². The van der Waals surface area contributed by atoms with Crippen LogP contribution in [0.25, 0.3) is 43.1 Å². The number of benzene rings is 7. The van der Waals surface area contributed by atoms with Crippen molar-refractivity contribution in [2.75, 3.05) is 0 Å². The Balaban J connectivity index is 0.000000134. The summed E-state index contributed by atoms with van der Waals surface area (Å²) in [6.07, 6.45) is 0. The molecule has 178 valence electrons. The van der Waals surface area contributed by atoms with Gasteiger partial charge in [0.2, 0.25) is 10.9 Å². The topological polar surface area (TPSA) is 68.3 Å². The van der Waals surface area contributed by atoms with Crippen LogP contribution in [-0.4, -0.2) is 11.6 Å². The normalized spacial score (nSPS) is 12.5. The maximum absolute atomic E-state index is 12.5. The molecular weight excluding hydrogens is 472 g/mol. The Kier molecular flexibility index (Phi) is 4.72. The molecule has 4 nitrogen and oxygen atoms in total. The molecule has 0 saturated heterocycles. The molecule has 0 aromatic heterocycles. The number of hydrogen-bond acceptors (Lipinski definition) is 4. The van der Waals surface area contributed by atoms with Gasteiger partial charge in [-0.1, -0.05) is 103 Å². The molecule has 0 radical (unpaired) electrons. The maximum Gasteiger partial charge on any atom is 0.234 e. The predicted molar refractivity (Wildman–Crippen MR) is 151 cm³/mol. The van der Waals surface area contributed by atoms with Crippen molar-refractivity contribution in [2.24, 2.45) is 0 Å². The second kappa shape index (κ2) is 8.15. The van der Waals surface area contributed by atoms with Gasteiger partial charge in [-0.2, -0.15) is 0 Å². The van der Waals surface area contributed by atoms with Gasteiger partial charge in [0.25, 0.3) is 0 Å². The van der Waals surface area contributed by atoms with Crippen molar-refractivity contribution in [1.29, 1.82) is 0 Å². The molecule has 0 unspecified atom stereocenters. The lowest BCUT2D eigenvalue weighted by atomic mass is 9.84. The van der Waals surface area contributed by atoms with Gasteiger partial charge in [0.1, 0.15) is 0 Å². The molecule has 0 amide bonds. The smallest absolute Gasteiger partial charge is 0.234 e. The lowest BCUT2D eigenvalue weighted by molar-refractivity contribution is 0.0979. The number of fused-ring (bicyclic) bond motifs is 4. The molecule has 7 aromatic rings. The first kappa shape index (κ1) is 22.0. The summed E-state index contributed by atoms with van der Waals surface area (Å²) in [5.74, 6) is -0.128. The highest BCUT2D eigenvalue weighted by Crippen LogP contribution is 2.38. The van der Waals surface area contributed by atoms with Crippen LogP contribution in [0.3, 0.4) is 0 Å². The Labute approximate surface area is 216 Å². The summed E-state index contributed by atoms with van der Waals surface area (Å²) in [5.41, 5.74) is 1.19. The number of hydrogen-bond donors (Lipinski definition) is 0. The minimum atomic E-state index is -0.434. The molecule has 8 rings (SSSR count). The summed E-state index contributed by atoms with van der Waals surface area (Å²) in [5, 5.41) is 7.49. The van der Waals surface area contributed by atoms with Crippen molar-refractivity contribution in [2.45, 2.75) is 0 Å². The molecule has 7 aromatic carbocycles. The van der Waals surface area contributed by atoms with Gasteiger partial charge in [-0.05, 0) is 38.4 Å². The number of carbonyl (C=O) groups excluding carboxylic acids is 2. The molecule has 0 N–H and O–H groups in total. The highest BCUT2D eigenvalue weighted by molar-refractivity contribution is 6.32. The van der Waals surface area contributed by atoms with E-state index in [9.17, 15) is 19.2 Å².